The summed E-state index contributed by atoms with van der Waals surface area (Å²) >= 11 is 0. The van der Waals surface area contributed by atoms with Gasteiger partial charge in [0.1, 0.15) is 6.79 Å². The zero-order chi connectivity index (χ0) is 12.7. The maximum absolute atomic E-state index is 11.6. The van der Waals surface area contributed by atoms with E-state index in [0.717, 1.165) is 0 Å². The van der Waals surface area contributed by atoms with E-state index in [1.807, 2.05) is 13.8 Å². The van der Waals surface area contributed by atoms with E-state index in [2.05, 4.69) is 0 Å². The summed E-state index contributed by atoms with van der Waals surface area (Å²) in [5.41, 5.74) is 0. The van der Waals surface area contributed by atoms with E-state index < -0.39 is 24.1 Å². The van der Waals surface area contributed by atoms with Gasteiger partial charge in [0.2, 0.25) is 0 Å². The Morgan fingerprint density at radius 1 is 1.00 bits per heavy atom. The Morgan fingerprint density at radius 3 is 1.76 bits per heavy atom. The molecule has 1 fully saturated rings. The number of rotatable bonds is 6. The molecule has 6 heteroatoms. The van der Waals surface area contributed by atoms with Crippen LogP contribution in [0, 0.1) is 0 Å². The molecule has 1 aliphatic heterocycles. The van der Waals surface area contributed by atoms with Crippen molar-refractivity contribution >= 4 is 11.9 Å². The largest absolute Gasteiger partial charge is 0.464 e. The highest BCUT2D eigenvalue weighted by atomic mass is 16.7. The topological polar surface area (TPSA) is 71.1 Å². The molecule has 0 aromatic heterocycles. The van der Waals surface area contributed by atoms with Crippen LogP contribution >= 0.6 is 0 Å². The summed E-state index contributed by atoms with van der Waals surface area (Å²) in [5.74, 6) is -1.16. The highest BCUT2D eigenvalue weighted by Gasteiger charge is 2.42. The molecule has 2 unspecified atom stereocenters. The molecule has 6 nitrogen and oxygen atoms in total. The molecule has 98 valence electrons. The fourth-order valence-corrected chi connectivity index (χ4v) is 1.31. The maximum atomic E-state index is 11.6. The Kier molecular flexibility index (Phi) is 5.93. The molecule has 0 saturated carbocycles. The van der Waals surface area contributed by atoms with E-state index in [0.29, 0.717) is 26.1 Å². The molecule has 1 aliphatic rings. The first-order valence-electron chi connectivity index (χ1n) is 5.77. The molecule has 0 radical (unpaired) electrons. The minimum Gasteiger partial charge on any atom is -0.464 e. The van der Waals surface area contributed by atoms with E-state index in [9.17, 15) is 9.59 Å². The Balaban J connectivity index is 2.47. The van der Waals surface area contributed by atoms with Crippen LogP contribution in [0.2, 0.25) is 0 Å². The van der Waals surface area contributed by atoms with Crippen LogP contribution in [0.4, 0.5) is 0 Å². The molecule has 1 heterocycles. The molecule has 0 spiro atoms. The average Bonchev–Trinajstić information content (AvgIpc) is 2.82. The summed E-state index contributed by atoms with van der Waals surface area (Å²) in [7, 11) is 0. The second kappa shape index (κ2) is 7.24. The van der Waals surface area contributed by atoms with E-state index in [4.69, 9.17) is 18.9 Å². The molecule has 2 atom stereocenters. The molecule has 0 N–H and O–H groups in total. The standard InChI is InChI=1S/C11H18O6/c1-3-5-14-10(12)8-9(17-7-16-8)11(13)15-6-4-2/h8-9H,3-7H2,1-2H3. The predicted octanol–water partition coefficient (Wildman–Crippen LogP) is 0.634. The summed E-state index contributed by atoms with van der Waals surface area (Å²) in [6, 6.07) is 0. The van der Waals surface area contributed by atoms with Crippen LogP contribution in [-0.4, -0.2) is 44.2 Å². The predicted molar refractivity (Wildman–Crippen MR) is 57.1 cm³/mol. The van der Waals surface area contributed by atoms with Crippen molar-refractivity contribution in [3.05, 3.63) is 0 Å². The summed E-state index contributed by atoms with van der Waals surface area (Å²) in [6.07, 6.45) is -0.592. The van der Waals surface area contributed by atoms with Gasteiger partial charge in [-0.2, -0.15) is 0 Å². The molecule has 17 heavy (non-hydrogen) atoms. The minimum absolute atomic E-state index is 0.0994. The number of hydrogen-bond acceptors (Lipinski definition) is 6. The van der Waals surface area contributed by atoms with Crippen LogP contribution in [0.15, 0.2) is 0 Å². The van der Waals surface area contributed by atoms with Crippen LogP contribution in [0.3, 0.4) is 0 Å². The van der Waals surface area contributed by atoms with E-state index >= 15 is 0 Å². The van der Waals surface area contributed by atoms with Crippen molar-refractivity contribution in [3.63, 3.8) is 0 Å². The molecular weight excluding hydrogens is 228 g/mol. The monoisotopic (exact) mass is 246 g/mol. The Labute approximate surface area is 100 Å². The lowest BCUT2D eigenvalue weighted by Gasteiger charge is -2.14. The Hall–Kier alpha value is -1.14. The van der Waals surface area contributed by atoms with Gasteiger partial charge in [0.15, 0.2) is 12.2 Å². The van der Waals surface area contributed by atoms with Crippen molar-refractivity contribution in [2.24, 2.45) is 0 Å². The van der Waals surface area contributed by atoms with Crippen molar-refractivity contribution in [3.8, 4) is 0 Å². The van der Waals surface area contributed by atoms with E-state index in [-0.39, 0.29) is 6.79 Å². The zero-order valence-electron chi connectivity index (χ0n) is 10.1. The maximum Gasteiger partial charge on any atom is 0.338 e. The minimum atomic E-state index is -1.01. The highest BCUT2D eigenvalue weighted by Crippen LogP contribution is 2.16. The SMILES string of the molecule is CCCOC(=O)C1OCOC1C(=O)OCCC. The number of hydrogen-bond donors (Lipinski definition) is 0. The van der Waals surface area contributed by atoms with E-state index in [1.165, 1.54) is 0 Å². The lowest BCUT2D eigenvalue weighted by Crippen LogP contribution is -2.39. The van der Waals surface area contributed by atoms with Crippen LogP contribution < -0.4 is 0 Å². The van der Waals surface area contributed by atoms with Gasteiger partial charge in [-0.1, -0.05) is 13.8 Å². The number of carbonyl (C=O) groups excluding carboxylic acids is 2. The van der Waals surface area contributed by atoms with Crippen molar-refractivity contribution in [2.75, 3.05) is 20.0 Å². The number of ether oxygens (including phenoxy) is 4. The third-order valence-corrected chi connectivity index (χ3v) is 2.13. The van der Waals surface area contributed by atoms with Crippen molar-refractivity contribution < 1.29 is 28.5 Å². The molecule has 0 amide bonds. The van der Waals surface area contributed by atoms with Crippen molar-refractivity contribution in [1.82, 2.24) is 0 Å². The molecule has 1 saturated heterocycles. The second-order valence-electron chi connectivity index (χ2n) is 3.63. The van der Waals surface area contributed by atoms with Gasteiger partial charge in [-0.15, -0.1) is 0 Å². The van der Waals surface area contributed by atoms with Crippen molar-refractivity contribution in [2.45, 2.75) is 38.9 Å². The smallest absolute Gasteiger partial charge is 0.338 e. The van der Waals surface area contributed by atoms with Gasteiger partial charge in [0, 0.05) is 0 Å². The third-order valence-electron chi connectivity index (χ3n) is 2.13. The molecule has 1 rings (SSSR count). The second-order valence-corrected chi connectivity index (χ2v) is 3.63. The first kappa shape index (κ1) is 13.9. The van der Waals surface area contributed by atoms with Gasteiger partial charge in [-0.25, -0.2) is 9.59 Å². The summed E-state index contributed by atoms with van der Waals surface area (Å²) < 4.78 is 19.9. The van der Waals surface area contributed by atoms with Crippen LogP contribution in [0.25, 0.3) is 0 Å². The lowest BCUT2D eigenvalue weighted by atomic mass is 10.2. The number of carbonyl (C=O) groups is 2. The molecule has 0 aromatic carbocycles. The Morgan fingerprint density at radius 2 is 1.41 bits per heavy atom. The summed E-state index contributed by atoms with van der Waals surface area (Å²) in [5, 5.41) is 0. The van der Waals surface area contributed by atoms with Gasteiger partial charge in [0.05, 0.1) is 13.2 Å². The Bertz CT molecular complexity index is 239. The van der Waals surface area contributed by atoms with Gasteiger partial charge in [0.25, 0.3) is 0 Å². The third kappa shape index (κ3) is 3.98. The first-order valence-corrected chi connectivity index (χ1v) is 5.77. The summed E-state index contributed by atoms with van der Waals surface area (Å²) in [4.78, 5) is 23.1. The normalized spacial score (nSPS) is 23.4. The van der Waals surface area contributed by atoms with Gasteiger partial charge < -0.3 is 18.9 Å². The molecule has 0 aromatic rings. The molecule has 0 aliphatic carbocycles. The van der Waals surface area contributed by atoms with Gasteiger partial charge in [-0.05, 0) is 12.8 Å². The average molecular weight is 246 g/mol. The van der Waals surface area contributed by atoms with E-state index in [1.54, 1.807) is 0 Å². The molecule has 0 bridgehead atoms. The molecular formula is C11H18O6. The van der Waals surface area contributed by atoms with Gasteiger partial charge in [-0.3, -0.25) is 0 Å². The van der Waals surface area contributed by atoms with Crippen molar-refractivity contribution in [1.29, 1.82) is 0 Å². The number of esters is 2. The lowest BCUT2D eigenvalue weighted by molar-refractivity contribution is -0.163. The summed E-state index contributed by atoms with van der Waals surface area (Å²) in [6.45, 7) is 4.27. The zero-order valence-corrected chi connectivity index (χ0v) is 10.1. The van der Waals surface area contributed by atoms with Crippen LogP contribution in [0.5, 0.6) is 0 Å². The van der Waals surface area contributed by atoms with Crippen LogP contribution in [-0.2, 0) is 28.5 Å². The fourth-order valence-electron chi connectivity index (χ4n) is 1.31. The first-order chi connectivity index (χ1) is 8.20. The fraction of sp³-hybridized carbons (Fsp3) is 0.818. The quantitative estimate of drug-likeness (QED) is 0.640. The highest BCUT2D eigenvalue weighted by molar-refractivity contribution is 5.86. The van der Waals surface area contributed by atoms with Crippen LogP contribution in [0.1, 0.15) is 26.7 Å². The van der Waals surface area contributed by atoms with Gasteiger partial charge >= 0.3 is 11.9 Å².